The second-order valence-corrected chi connectivity index (χ2v) is 9.23. The molecule has 0 saturated heterocycles. The van der Waals surface area contributed by atoms with Crippen molar-refractivity contribution >= 4 is 70.5 Å². The highest BCUT2D eigenvalue weighted by molar-refractivity contribution is 9.12. The lowest BCUT2D eigenvalue weighted by Gasteiger charge is -2.14. The van der Waals surface area contributed by atoms with Crippen LogP contribution in [-0.2, 0) is 0 Å². The Hall–Kier alpha value is 0.800. The Bertz CT molecular complexity index is 492. The van der Waals surface area contributed by atoms with E-state index in [1.165, 1.54) is 14.9 Å². The molecule has 0 bridgehead atoms. The van der Waals surface area contributed by atoms with Gasteiger partial charge in [0.05, 0.1) is 17.4 Å². The molecule has 1 nitrogen and oxygen atoms in total. The van der Waals surface area contributed by atoms with E-state index in [0.29, 0.717) is 0 Å². The highest BCUT2D eigenvalue weighted by atomic mass is 79.9. The Morgan fingerprint density at radius 2 is 1.94 bits per heavy atom. The van der Waals surface area contributed by atoms with Crippen LogP contribution in [-0.4, -0.2) is 7.05 Å². The number of halogens is 3. The third kappa shape index (κ3) is 2.79. The molecule has 0 spiro atoms. The van der Waals surface area contributed by atoms with Gasteiger partial charge < -0.3 is 5.32 Å². The molecule has 0 aliphatic rings. The molecular weight excluding hydrogens is 438 g/mol. The van der Waals surface area contributed by atoms with Gasteiger partial charge in [0.1, 0.15) is 0 Å². The highest BCUT2D eigenvalue weighted by Crippen LogP contribution is 2.39. The molecule has 16 heavy (non-hydrogen) atoms. The molecule has 2 aromatic rings. The zero-order valence-electron chi connectivity index (χ0n) is 8.26. The first-order chi connectivity index (χ1) is 7.61. The van der Waals surface area contributed by atoms with E-state index in [9.17, 15) is 0 Å². The van der Waals surface area contributed by atoms with E-state index >= 15 is 0 Å². The first-order valence-corrected chi connectivity index (χ1v) is 8.55. The molecule has 2 heterocycles. The van der Waals surface area contributed by atoms with Crippen LogP contribution in [0.1, 0.15) is 17.2 Å². The Balaban J connectivity index is 2.40. The Kier molecular flexibility index (Phi) is 4.66. The fourth-order valence-electron chi connectivity index (χ4n) is 1.53. The molecule has 0 aromatic carbocycles. The normalized spacial score (nSPS) is 13.0. The molecule has 0 fully saturated rings. The molecule has 0 aliphatic carbocycles. The fraction of sp³-hybridized carbons (Fsp3) is 0.200. The minimum Gasteiger partial charge on any atom is -0.309 e. The topological polar surface area (TPSA) is 12.0 Å². The first-order valence-electron chi connectivity index (χ1n) is 4.47. The third-order valence-electron chi connectivity index (χ3n) is 2.20. The molecule has 2 rings (SSSR count). The number of nitrogens with one attached hydrogen (secondary N) is 1. The number of hydrogen-bond acceptors (Lipinski definition) is 3. The Morgan fingerprint density at radius 3 is 2.38 bits per heavy atom. The summed E-state index contributed by atoms with van der Waals surface area (Å²) < 4.78 is 3.47. The van der Waals surface area contributed by atoms with E-state index in [-0.39, 0.29) is 6.04 Å². The van der Waals surface area contributed by atoms with Crippen molar-refractivity contribution in [2.45, 2.75) is 6.04 Å². The van der Waals surface area contributed by atoms with Crippen molar-refractivity contribution in [3.8, 4) is 0 Å². The van der Waals surface area contributed by atoms with E-state index in [2.05, 4.69) is 70.6 Å². The molecule has 0 saturated carbocycles. The second kappa shape index (κ2) is 5.63. The summed E-state index contributed by atoms with van der Waals surface area (Å²) >= 11 is 14.0. The zero-order valence-corrected chi connectivity index (χ0v) is 14.7. The van der Waals surface area contributed by atoms with Crippen molar-refractivity contribution in [2.24, 2.45) is 0 Å². The zero-order chi connectivity index (χ0) is 11.7. The van der Waals surface area contributed by atoms with Gasteiger partial charge in [-0.2, -0.15) is 0 Å². The number of rotatable bonds is 3. The predicted molar refractivity (Wildman–Crippen MR) is 82.6 cm³/mol. The molecule has 6 heteroatoms. The summed E-state index contributed by atoms with van der Waals surface area (Å²) in [5, 5.41) is 5.51. The van der Waals surface area contributed by atoms with Crippen molar-refractivity contribution in [1.29, 1.82) is 0 Å². The van der Waals surface area contributed by atoms with Gasteiger partial charge in [0.15, 0.2) is 0 Å². The van der Waals surface area contributed by atoms with Crippen LogP contribution >= 0.6 is 70.5 Å². The van der Waals surface area contributed by atoms with E-state index in [1.54, 1.807) is 22.7 Å². The molecule has 0 aliphatic heterocycles. The molecule has 1 N–H and O–H groups in total. The summed E-state index contributed by atoms with van der Waals surface area (Å²) in [6.07, 6.45) is 0. The minimum atomic E-state index is 0.236. The van der Waals surface area contributed by atoms with Gasteiger partial charge >= 0.3 is 0 Å². The molecule has 1 unspecified atom stereocenters. The van der Waals surface area contributed by atoms with Gasteiger partial charge in [0, 0.05) is 0 Å². The summed E-state index contributed by atoms with van der Waals surface area (Å²) in [6, 6.07) is 4.55. The fourth-order valence-corrected chi connectivity index (χ4v) is 5.63. The van der Waals surface area contributed by atoms with E-state index < -0.39 is 0 Å². The van der Waals surface area contributed by atoms with E-state index in [0.717, 1.165) is 7.57 Å². The molecule has 1 atom stereocenters. The van der Waals surface area contributed by atoms with Crippen LogP contribution < -0.4 is 5.32 Å². The summed E-state index contributed by atoms with van der Waals surface area (Å²) in [5.74, 6) is 0. The Morgan fingerprint density at radius 1 is 1.19 bits per heavy atom. The average molecular weight is 446 g/mol. The van der Waals surface area contributed by atoms with Crippen molar-refractivity contribution < 1.29 is 0 Å². The maximum Gasteiger partial charge on any atom is 0.0761 e. The molecular formula is C10H8Br3NS2. The van der Waals surface area contributed by atoms with Crippen LogP contribution in [0.15, 0.2) is 28.9 Å². The van der Waals surface area contributed by atoms with Gasteiger partial charge in [-0.1, -0.05) is 0 Å². The third-order valence-corrected chi connectivity index (χ3v) is 6.11. The summed E-state index contributed by atoms with van der Waals surface area (Å²) in [7, 11) is 1.98. The Labute approximate surface area is 128 Å². The van der Waals surface area contributed by atoms with Crippen LogP contribution in [0.4, 0.5) is 0 Å². The van der Waals surface area contributed by atoms with Crippen LogP contribution in [0.25, 0.3) is 0 Å². The summed E-state index contributed by atoms with van der Waals surface area (Å²) in [4.78, 5) is 0. The largest absolute Gasteiger partial charge is 0.309 e. The number of thiophene rings is 2. The lowest BCUT2D eigenvalue weighted by atomic mass is 10.1. The summed E-state index contributed by atoms with van der Waals surface area (Å²) in [6.45, 7) is 0. The SMILES string of the molecule is CNC(c1csc(Br)c1)c1cc(Br)sc1Br. The van der Waals surface area contributed by atoms with Crippen molar-refractivity contribution in [3.63, 3.8) is 0 Å². The smallest absolute Gasteiger partial charge is 0.0761 e. The minimum absolute atomic E-state index is 0.236. The monoisotopic (exact) mass is 443 g/mol. The van der Waals surface area contributed by atoms with E-state index in [1.807, 2.05) is 7.05 Å². The van der Waals surface area contributed by atoms with Crippen LogP contribution in [0, 0.1) is 0 Å². The van der Waals surface area contributed by atoms with Crippen LogP contribution in [0.5, 0.6) is 0 Å². The van der Waals surface area contributed by atoms with Crippen LogP contribution in [0.2, 0.25) is 0 Å². The molecule has 86 valence electrons. The lowest BCUT2D eigenvalue weighted by Crippen LogP contribution is -2.16. The van der Waals surface area contributed by atoms with Gasteiger partial charge in [0.2, 0.25) is 0 Å². The highest BCUT2D eigenvalue weighted by Gasteiger charge is 2.18. The van der Waals surface area contributed by atoms with Gasteiger partial charge in [0.25, 0.3) is 0 Å². The quantitative estimate of drug-likeness (QED) is 0.666. The molecule has 0 radical (unpaired) electrons. The standard InChI is InChI=1S/C10H8Br3NS2/c1-14-9(5-2-7(11)15-4-5)6-3-8(12)16-10(6)13/h2-4,9,14H,1H3. The van der Waals surface area contributed by atoms with Gasteiger partial charge in [-0.25, -0.2) is 0 Å². The van der Waals surface area contributed by atoms with Crippen LogP contribution in [0.3, 0.4) is 0 Å². The summed E-state index contributed by atoms with van der Waals surface area (Å²) in [5.41, 5.74) is 2.55. The van der Waals surface area contributed by atoms with Gasteiger partial charge in [-0.3, -0.25) is 0 Å². The van der Waals surface area contributed by atoms with Crippen molar-refractivity contribution in [2.75, 3.05) is 7.05 Å². The van der Waals surface area contributed by atoms with Crippen molar-refractivity contribution in [3.05, 3.63) is 40.0 Å². The maximum absolute atomic E-state index is 3.60. The lowest BCUT2D eigenvalue weighted by molar-refractivity contribution is 0.694. The second-order valence-electron chi connectivity index (χ2n) is 3.19. The van der Waals surface area contributed by atoms with Gasteiger partial charge in [-0.15, -0.1) is 22.7 Å². The average Bonchev–Trinajstić information content (AvgIpc) is 2.76. The van der Waals surface area contributed by atoms with E-state index in [4.69, 9.17) is 0 Å². The van der Waals surface area contributed by atoms with Crippen molar-refractivity contribution in [1.82, 2.24) is 5.32 Å². The maximum atomic E-state index is 3.60. The van der Waals surface area contributed by atoms with Gasteiger partial charge in [-0.05, 0) is 83.5 Å². The predicted octanol–water partition coefficient (Wildman–Crippen LogP) is 5.41. The first kappa shape index (κ1) is 13.2. The molecule has 0 amide bonds. The number of hydrogen-bond donors (Lipinski definition) is 1. The molecule has 2 aromatic heterocycles.